The Morgan fingerprint density at radius 2 is 2.14 bits per heavy atom. The number of rotatable bonds is 2. The van der Waals surface area contributed by atoms with Crippen molar-refractivity contribution in [1.82, 2.24) is 0 Å². The average Bonchev–Trinajstić information content (AvgIpc) is 2.50. The van der Waals surface area contributed by atoms with E-state index in [0.29, 0.717) is 12.3 Å². The summed E-state index contributed by atoms with van der Waals surface area (Å²) in [5.41, 5.74) is 2.72. The van der Waals surface area contributed by atoms with Crippen molar-refractivity contribution in [1.29, 1.82) is 0 Å². The summed E-state index contributed by atoms with van der Waals surface area (Å²) in [5.74, 6) is 0.549. The van der Waals surface area contributed by atoms with Crippen LogP contribution in [0.25, 0.3) is 0 Å². The summed E-state index contributed by atoms with van der Waals surface area (Å²) in [7, 11) is 0. The van der Waals surface area contributed by atoms with Gasteiger partial charge in [0.15, 0.2) is 6.10 Å². The predicted molar refractivity (Wildman–Crippen MR) is 86.9 cm³/mol. The van der Waals surface area contributed by atoms with E-state index in [1.54, 1.807) is 0 Å². The molecule has 2 N–H and O–H groups in total. The van der Waals surface area contributed by atoms with Crippen LogP contribution in [0.3, 0.4) is 0 Å². The second-order valence-corrected chi connectivity index (χ2v) is 5.85. The van der Waals surface area contributed by atoms with E-state index in [2.05, 4.69) is 26.6 Å². The van der Waals surface area contributed by atoms with Crippen molar-refractivity contribution < 1.29 is 9.53 Å². The highest BCUT2D eigenvalue weighted by atomic mass is 79.9. The molecule has 1 heterocycles. The normalized spacial score (nSPS) is 16.4. The molecule has 3 rings (SSSR count). The molecule has 1 aliphatic heterocycles. The molecule has 21 heavy (non-hydrogen) atoms. The van der Waals surface area contributed by atoms with E-state index in [1.807, 2.05) is 49.4 Å². The number of aryl methyl sites for hydroxylation is 1. The molecule has 2 aromatic carbocycles. The highest BCUT2D eigenvalue weighted by molar-refractivity contribution is 9.10. The lowest BCUT2D eigenvalue weighted by Crippen LogP contribution is -2.41. The lowest BCUT2D eigenvalue weighted by atomic mass is 10.2. The molecule has 2 aromatic rings. The largest absolute Gasteiger partial charge is 0.477 e. The van der Waals surface area contributed by atoms with Crippen LogP contribution in [0.2, 0.25) is 0 Å². The van der Waals surface area contributed by atoms with E-state index < -0.39 is 6.10 Å². The fourth-order valence-corrected chi connectivity index (χ4v) is 2.56. The number of para-hydroxylation sites is 2. The first-order valence-corrected chi connectivity index (χ1v) is 7.49. The Labute approximate surface area is 131 Å². The molecular formula is C16H15BrN2O2. The van der Waals surface area contributed by atoms with Crippen LogP contribution in [0.5, 0.6) is 5.75 Å². The van der Waals surface area contributed by atoms with Gasteiger partial charge in [-0.2, -0.15) is 0 Å². The zero-order valence-corrected chi connectivity index (χ0v) is 13.1. The molecule has 1 aliphatic rings. The molecule has 5 heteroatoms. The first-order chi connectivity index (χ1) is 10.1. The van der Waals surface area contributed by atoms with E-state index in [0.717, 1.165) is 21.4 Å². The third-order valence-corrected chi connectivity index (χ3v) is 3.88. The molecule has 0 saturated carbocycles. The van der Waals surface area contributed by atoms with Crippen molar-refractivity contribution in [3.63, 3.8) is 0 Å². The Kier molecular flexibility index (Phi) is 3.84. The zero-order valence-electron chi connectivity index (χ0n) is 11.5. The van der Waals surface area contributed by atoms with Gasteiger partial charge in [0.2, 0.25) is 0 Å². The van der Waals surface area contributed by atoms with Crippen molar-refractivity contribution in [3.8, 4) is 5.75 Å². The molecule has 4 nitrogen and oxygen atoms in total. The second-order valence-electron chi connectivity index (χ2n) is 4.93. The van der Waals surface area contributed by atoms with E-state index >= 15 is 0 Å². The van der Waals surface area contributed by atoms with Crippen molar-refractivity contribution in [2.45, 2.75) is 13.0 Å². The quantitative estimate of drug-likeness (QED) is 0.873. The van der Waals surface area contributed by atoms with Crippen molar-refractivity contribution in [3.05, 3.63) is 52.5 Å². The molecule has 0 spiro atoms. The van der Waals surface area contributed by atoms with Crippen molar-refractivity contribution >= 4 is 33.2 Å². The summed E-state index contributed by atoms with van der Waals surface area (Å²) >= 11 is 3.41. The maximum Gasteiger partial charge on any atom is 0.267 e. The molecule has 0 aliphatic carbocycles. The summed E-state index contributed by atoms with van der Waals surface area (Å²) in [6.45, 7) is 2.41. The lowest BCUT2D eigenvalue weighted by Gasteiger charge is -2.26. The van der Waals surface area contributed by atoms with Gasteiger partial charge in [-0.05, 0) is 36.8 Å². The van der Waals surface area contributed by atoms with Crippen LogP contribution in [0, 0.1) is 6.92 Å². The molecule has 1 amide bonds. The van der Waals surface area contributed by atoms with Gasteiger partial charge < -0.3 is 15.4 Å². The van der Waals surface area contributed by atoms with Crippen molar-refractivity contribution in [2.75, 3.05) is 17.2 Å². The Balaban J connectivity index is 1.74. The van der Waals surface area contributed by atoms with Gasteiger partial charge in [0.25, 0.3) is 5.91 Å². The minimum atomic E-state index is -0.543. The number of anilines is 2. The smallest absolute Gasteiger partial charge is 0.267 e. The molecule has 0 aromatic heterocycles. The molecule has 0 fully saturated rings. The Morgan fingerprint density at radius 3 is 3.00 bits per heavy atom. The molecule has 1 unspecified atom stereocenters. The van der Waals surface area contributed by atoms with Crippen LogP contribution < -0.4 is 15.4 Å². The maximum absolute atomic E-state index is 12.3. The third kappa shape index (κ3) is 3.03. The summed E-state index contributed by atoms with van der Waals surface area (Å²) in [6.07, 6.45) is -0.543. The molecular weight excluding hydrogens is 332 g/mol. The first-order valence-electron chi connectivity index (χ1n) is 6.70. The maximum atomic E-state index is 12.3. The summed E-state index contributed by atoms with van der Waals surface area (Å²) in [4.78, 5) is 12.3. The van der Waals surface area contributed by atoms with Crippen LogP contribution in [0.15, 0.2) is 46.9 Å². The fourth-order valence-electron chi connectivity index (χ4n) is 2.20. The van der Waals surface area contributed by atoms with E-state index in [9.17, 15) is 4.79 Å². The monoisotopic (exact) mass is 346 g/mol. The van der Waals surface area contributed by atoms with Gasteiger partial charge in [-0.15, -0.1) is 0 Å². The number of fused-ring (bicyclic) bond motifs is 1. The number of hydrogen-bond acceptors (Lipinski definition) is 3. The minimum Gasteiger partial charge on any atom is -0.477 e. The van der Waals surface area contributed by atoms with E-state index in [-0.39, 0.29) is 5.91 Å². The summed E-state index contributed by atoms with van der Waals surface area (Å²) < 4.78 is 6.68. The highest BCUT2D eigenvalue weighted by Gasteiger charge is 2.25. The number of carbonyl (C=O) groups excluding carboxylic acids is 1. The predicted octanol–water partition coefficient (Wildman–Crippen LogP) is 3.57. The van der Waals surface area contributed by atoms with Crippen LogP contribution >= 0.6 is 15.9 Å². The molecule has 0 radical (unpaired) electrons. The van der Waals surface area contributed by atoms with E-state index in [1.165, 1.54) is 0 Å². The van der Waals surface area contributed by atoms with Gasteiger partial charge in [-0.1, -0.05) is 34.1 Å². The number of amides is 1. The SMILES string of the molecule is Cc1ccc(Br)cc1NC(=O)C1CNc2ccccc2O1. The van der Waals surface area contributed by atoms with Gasteiger partial charge in [0.05, 0.1) is 12.2 Å². The van der Waals surface area contributed by atoms with Gasteiger partial charge >= 0.3 is 0 Å². The number of halogens is 1. The number of nitrogens with one attached hydrogen (secondary N) is 2. The lowest BCUT2D eigenvalue weighted by molar-refractivity contribution is -0.122. The van der Waals surface area contributed by atoms with Crippen LogP contribution in [-0.4, -0.2) is 18.6 Å². The van der Waals surface area contributed by atoms with Gasteiger partial charge in [0, 0.05) is 10.2 Å². The highest BCUT2D eigenvalue weighted by Crippen LogP contribution is 2.29. The summed E-state index contributed by atoms with van der Waals surface area (Å²) in [6, 6.07) is 13.4. The number of benzene rings is 2. The zero-order chi connectivity index (χ0) is 14.8. The third-order valence-electron chi connectivity index (χ3n) is 3.38. The molecule has 108 valence electrons. The average molecular weight is 347 g/mol. The number of ether oxygens (including phenoxy) is 1. The minimum absolute atomic E-state index is 0.154. The molecule has 0 saturated heterocycles. The van der Waals surface area contributed by atoms with Crippen molar-refractivity contribution in [2.24, 2.45) is 0 Å². The van der Waals surface area contributed by atoms with Gasteiger partial charge in [-0.25, -0.2) is 0 Å². The Hall–Kier alpha value is -2.01. The first kappa shape index (κ1) is 13.9. The van der Waals surface area contributed by atoms with Gasteiger partial charge in [0.1, 0.15) is 5.75 Å². The second kappa shape index (κ2) is 5.77. The molecule has 1 atom stereocenters. The van der Waals surface area contributed by atoms with Crippen LogP contribution in [0.4, 0.5) is 11.4 Å². The Morgan fingerprint density at radius 1 is 1.33 bits per heavy atom. The van der Waals surface area contributed by atoms with Gasteiger partial charge in [-0.3, -0.25) is 4.79 Å². The Bertz CT molecular complexity index is 688. The van der Waals surface area contributed by atoms with E-state index in [4.69, 9.17) is 4.74 Å². The number of carbonyl (C=O) groups is 1. The standard InChI is InChI=1S/C16H15BrN2O2/c1-10-6-7-11(17)8-13(10)19-16(20)15-9-18-12-4-2-3-5-14(12)21-15/h2-8,15,18H,9H2,1H3,(H,19,20). The fraction of sp³-hybridized carbons (Fsp3) is 0.188. The molecule has 0 bridgehead atoms. The number of hydrogen-bond donors (Lipinski definition) is 2. The summed E-state index contributed by atoms with van der Waals surface area (Å²) in [5, 5.41) is 6.13. The van der Waals surface area contributed by atoms with Crippen LogP contribution in [0.1, 0.15) is 5.56 Å². The van der Waals surface area contributed by atoms with Crippen LogP contribution in [-0.2, 0) is 4.79 Å². The topological polar surface area (TPSA) is 50.4 Å².